The van der Waals surface area contributed by atoms with Crippen LogP contribution in [0.1, 0.15) is 16.8 Å². The molecule has 6 nitrogen and oxygen atoms in total. The Kier molecular flexibility index (Phi) is 4.12. The van der Waals surface area contributed by atoms with Gasteiger partial charge in [-0.3, -0.25) is 4.40 Å². The normalized spacial score (nSPS) is 11.2. The van der Waals surface area contributed by atoms with Gasteiger partial charge >= 0.3 is 0 Å². The summed E-state index contributed by atoms with van der Waals surface area (Å²) in [5.41, 5.74) is 4.19. The van der Waals surface area contributed by atoms with Crippen molar-refractivity contribution in [1.82, 2.24) is 24.4 Å². The molecule has 0 aliphatic heterocycles. The van der Waals surface area contributed by atoms with Crippen molar-refractivity contribution in [2.24, 2.45) is 0 Å². The zero-order chi connectivity index (χ0) is 18.1. The molecule has 0 radical (unpaired) electrons. The Morgan fingerprint density at radius 2 is 2.04 bits per heavy atom. The summed E-state index contributed by atoms with van der Waals surface area (Å²) in [6.45, 7) is 1.99. The van der Waals surface area contributed by atoms with Gasteiger partial charge in [0.05, 0.1) is 13.3 Å². The van der Waals surface area contributed by atoms with Crippen molar-refractivity contribution in [3.63, 3.8) is 0 Å². The highest BCUT2D eigenvalue weighted by molar-refractivity contribution is 5.59. The fraction of sp³-hybridized carbons (Fsp3) is 0.211. The topological polar surface area (TPSA) is 57.2 Å². The predicted molar refractivity (Wildman–Crippen MR) is 95.2 cm³/mol. The third-order valence-electron chi connectivity index (χ3n) is 4.41. The lowest BCUT2D eigenvalue weighted by Crippen LogP contribution is -2.05. The number of hydrogen-bond acceptors (Lipinski definition) is 4. The number of methoxy groups -OCH3 is 1. The Bertz CT molecular complexity index is 1070. The van der Waals surface area contributed by atoms with Crippen LogP contribution in [-0.2, 0) is 12.8 Å². The molecule has 132 valence electrons. The number of hydrogen-bond donors (Lipinski definition) is 0. The average Bonchev–Trinajstić information content (AvgIpc) is 3.29. The van der Waals surface area contributed by atoms with Crippen LogP contribution in [0.4, 0.5) is 4.39 Å². The number of fused-ring (bicyclic) bond motifs is 1. The number of pyridine rings is 1. The van der Waals surface area contributed by atoms with Crippen LogP contribution < -0.4 is 4.74 Å². The maximum atomic E-state index is 14.2. The van der Waals surface area contributed by atoms with Crippen LogP contribution in [0.5, 0.6) is 5.75 Å². The van der Waals surface area contributed by atoms with Crippen LogP contribution in [-0.4, -0.2) is 31.5 Å². The van der Waals surface area contributed by atoms with Gasteiger partial charge in [-0.1, -0.05) is 6.07 Å². The highest BCUT2D eigenvalue weighted by Gasteiger charge is 2.13. The summed E-state index contributed by atoms with van der Waals surface area (Å²) in [4.78, 5) is 0. The summed E-state index contributed by atoms with van der Waals surface area (Å²) in [6, 6.07) is 8.84. The standard InChI is InChI=1S/C19H18FN5O/c1-13-10-22-25(11-13)17-9-7-14(24-12-21-23-19(17)24)6-8-15-16(20)4-3-5-18(15)26-2/h3-5,7,9-12H,6,8H2,1-2H3. The zero-order valence-electron chi connectivity index (χ0n) is 14.6. The fourth-order valence-corrected chi connectivity index (χ4v) is 3.10. The van der Waals surface area contributed by atoms with Crippen LogP contribution in [0.3, 0.4) is 0 Å². The summed E-state index contributed by atoms with van der Waals surface area (Å²) in [7, 11) is 1.55. The Hall–Kier alpha value is -3.22. The molecule has 7 heteroatoms. The molecular weight excluding hydrogens is 333 g/mol. The number of rotatable bonds is 5. The summed E-state index contributed by atoms with van der Waals surface area (Å²) in [5, 5.41) is 12.6. The van der Waals surface area contributed by atoms with Crippen LogP contribution in [0, 0.1) is 12.7 Å². The molecule has 0 fully saturated rings. The van der Waals surface area contributed by atoms with Gasteiger partial charge in [-0.25, -0.2) is 9.07 Å². The van der Waals surface area contributed by atoms with E-state index < -0.39 is 0 Å². The highest BCUT2D eigenvalue weighted by atomic mass is 19.1. The maximum absolute atomic E-state index is 14.2. The number of halogens is 1. The van der Waals surface area contributed by atoms with E-state index in [1.165, 1.54) is 6.07 Å². The van der Waals surface area contributed by atoms with Gasteiger partial charge in [0.25, 0.3) is 0 Å². The van der Waals surface area contributed by atoms with Crippen LogP contribution >= 0.6 is 0 Å². The van der Waals surface area contributed by atoms with E-state index in [-0.39, 0.29) is 5.82 Å². The van der Waals surface area contributed by atoms with Crippen LogP contribution in [0.2, 0.25) is 0 Å². The molecule has 0 aliphatic rings. The second kappa shape index (κ2) is 6.59. The molecule has 0 bridgehead atoms. The number of ether oxygens (including phenoxy) is 1. The predicted octanol–water partition coefficient (Wildman–Crippen LogP) is 3.16. The van der Waals surface area contributed by atoms with Gasteiger partial charge in [0, 0.05) is 17.5 Å². The van der Waals surface area contributed by atoms with Gasteiger partial charge in [0.15, 0.2) is 5.65 Å². The number of nitrogens with zero attached hydrogens (tertiary/aromatic N) is 5. The van der Waals surface area contributed by atoms with Crippen LogP contribution in [0.15, 0.2) is 49.1 Å². The monoisotopic (exact) mass is 351 g/mol. The molecule has 3 aromatic heterocycles. The van der Waals surface area contributed by atoms with Crippen LogP contribution in [0.25, 0.3) is 11.3 Å². The molecule has 0 unspecified atom stereocenters. The largest absolute Gasteiger partial charge is 0.496 e. The van der Waals surface area contributed by atoms with E-state index in [2.05, 4.69) is 15.3 Å². The number of benzene rings is 1. The molecule has 0 aliphatic carbocycles. The second-order valence-corrected chi connectivity index (χ2v) is 6.12. The maximum Gasteiger partial charge on any atom is 0.186 e. The minimum absolute atomic E-state index is 0.256. The zero-order valence-corrected chi connectivity index (χ0v) is 14.6. The lowest BCUT2D eigenvalue weighted by molar-refractivity contribution is 0.404. The molecule has 1 aromatic carbocycles. The van der Waals surface area contributed by atoms with Crippen molar-refractivity contribution in [3.05, 3.63) is 71.7 Å². The van der Waals surface area contributed by atoms with Gasteiger partial charge in [-0.15, -0.1) is 10.2 Å². The van der Waals surface area contributed by atoms with Crippen molar-refractivity contribution in [1.29, 1.82) is 0 Å². The van der Waals surface area contributed by atoms with E-state index in [1.807, 2.05) is 29.7 Å². The van der Waals surface area contributed by atoms with E-state index in [0.29, 0.717) is 29.8 Å². The van der Waals surface area contributed by atoms with E-state index in [1.54, 1.807) is 36.4 Å². The molecular formula is C19H18FN5O. The summed E-state index contributed by atoms with van der Waals surface area (Å²) >= 11 is 0. The van der Waals surface area contributed by atoms with Crippen molar-refractivity contribution in [2.45, 2.75) is 19.8 Å². The molecule has 0 N–H and O–H groups in total. The molecule has 0 amide bonds. The SMILES string of the molecule is COc1cccc(F)c1CCc1ccc(-n2cc(C)cn2)c2nncn12. The average molecular weight is 351 g/mol. The molecule has 4 aromatic rings. The van der Waals surface area contributed by atoms with Crippen molar-refractivity contribution in [2.75, 3.05) is 7.11 Å². The third-order valence-corrected chi connectivity index (χ3v) is 4.41. The third kappa shape index (κ3) is 2.81. The molecule has 4 rings (SSSR count). The summed E-state index contributed by atoms with van der Waals surface area (Å²) in [5.74, 6) is 0.307. The van der Waals surface area contributed by atoms with E-state index >= 15 is 0 Å². The van der Waals surface area contributed by atoms with E-state index in [0.717, 1.165) is 16.9 Å². The molecule has 26 heavy (non-hydrogen) atoms. The lowest BCUT2D eigenvalue weighted by Gasteiger charge is -2.11. The minimum Gasteiger partial charge on any atom is -0.496 e. The first-order valence-corrected chi connectivity index (χ1v) is 8.32. The summed E-state index contributed by atoms with van der Waals surface area (Å²) < 4.78 is 23.1. The van der Waals surface area contributed by atoms with Gasteiger partial charge in [0.1, 0.15) is 23.6 Å². The van der Waals surface area contributed by atoms with E-state index in [4.69, 9.17) is 4.74 Å². The Morgan fingerprint density at radius 1 is 1.15 bits per heavy atom. The van der Waals surface area contributed by atoms with Gasteiger partial charge in [-0.2, -0.15) is 5.10 Å². The minimum atomic E-state index is -0.256. The first-order chi connectivity index (χ1) is 12.7. The fourth-order valence-electron chi connectivity index (χ4n) is 3.10. The Morgan fingerprint density at radius 3 is 2.81 bits per heavy atom. The highest BCUT2D eigenvalue weighted by Crippen LogP contribution is 2.24. The smallest absolute Gasteiger partial charge is 0.186 e. The quantitative estimate of drug-likeness (QED) is 0.554. The van der Waals surface area contributed by atoms with Gasteiger partial charge in [0.2, 0.25) is 0 Å². The molecule has 3 heterocycles. The van der Waals surface area contributed by atoms with Gasteiger partial charge < -0.3 is 4.74 Å². The molecule has 0 saturated heterocycles. The van der Waals surface area contributed by atoms with Crippen molar-refractivity contribution < 1.29 is 9.13 Å². The van der Waals surface area contributed by atoms with E-state index in [9.17, 15) is 4.39 Å². The Labute approximate surface area is 149 Å². The number of aryl methyl sites for hydroxylation is 2. The summed E-state index contributed by atoms with van der Waals surface area (Å²) in [6.07, 6.45) is 6.55. The first kappa shape index (κ1) is 16.3. The first-order valence-electron chi connectivity index (χ1n) is 8.32. The van der Waals surface area contributed by atoms with Crippen molar-refractivity contribution in [3.8, 4) is 11.4 Å². The molecule has 0 saturated carbocycles. The van der Waals surface area contributed by atoms with Gasteiger partial charge in [-0.05, 0) is 49.6 Å². The second-order valence-electron chi connectivity index (χ2n) is 6.12. The number of aromatic nitrogens is 5. The van der Waals surface area contributed by atoms with Crippen molar-refractivity contribution >= 4 is 5.65 Å². The lowest BCUT2D eigenvalue weighted by atomic mass is 10.1. The molecule has 0 atom stereocenters. The Balaban J connectivity index is 1.68. The molecule has 0 spiro atoms.